The average Bonchev–Trinajstić information content (AvgIpc) is 2.69. The minimum atomic E-state index is 0.0635. The summed E-state index contributed by atoms with van der Waals surface area (Å²) in [6.07, 6.45) is 9.74. The van der Waals surface area contributed by atoms with Gasteiger partial charge < -0.3 is 10.2 Å². The second kappa shape index (κ2) is 9.98. The molecule has 0 atom stereocenters. The Hall–Kier alpha value is -1.52. The molecule has 0 aromatic heterocycles. The largest absolute Gasteiger partial charge is 0.338 e. The van der Waals surface area contributed by atoms with Crippen molar-refractivity contribution in [2.24, 2.45) is 0 Å². The van der Waals surface area contributed by atoms with Gasteiger partial charge >= 0.3 is 6.03 Å². The van der Waals surface area contributed by atoms with Gasteiger partial charge in [0.15, 0.2) is 0 Å². The first-order chi connectivity index (χ1) is 12.7. The maximum atomic E-state index is 12.3. The molecule has 1 aromatic carbocycles. The van der Waals surface area contributed by atoms with Gasteiger partial charge in [0, 0.05) is 44.3 Å². The summed E-state index contributed by atoms with van der Waals surface area (Å²) in [7, 11) is 0. The van der Waals surface area contributed by atoms with E-state index in [-0.39, 0.29) is 6.03 Å². The molecule has 1 aromatic rings. The van der Waals surface area contributed by atoms with E-state index in [0.29, 0.717) is 6.54 Å². The van der Waals surface area contributed by atoms with Crippen molar-refractivity contribution in [3.8, 4) is 0 Å². The summed E-state index contributed by atoms with van der Waals surface area (Å²) in [6.45, 7) is 5.42. The Labute approximate surface area is 162 Å². The molecule has 142 valence electrons. The van der Waals surface area contributed by atoms with Gasteiger partial charge in [0.1, 0.15) is 0 Å². The number of hydrogen-bond acceptors (Lipinski definition) is 2. The van der Waals surface area contributed by atoms with Gasteiger partial charge in [0.05, 0.1) is 0 Å². The summed E-state index contributed by atoms with van der Waals surface area (Å²) in [5.41, 5.74) is 2.83. The topological polar surface area (TPSA) is 35.6 Å². The zero-order valence-electron chi connectivity index (χ0n) is 15.6. The molecule has 1 aliphatic carbocycles. The van der Waals surface area contributed by atoms with Crippen molar-refractivity contribution in [2.75, 3.05) is 39.3 Å². The molecule has 0 bridgehead atoms. The minimum Gasteiger partial charge on any atom is -0.338 e. The van der Waals surface area contributed by atoms with E-state index < -0.39 is 0 Å². The molecule has 5 heteroatoms. The summed E-state index contributed by atoms with van der Waals surface area (Å²) in [5.74, 6) is 0. The van der Waals surface area contributed by atoms with Crippen LogP contribution in [0.1, 0.15) is 37.7 Å². The number of nitrogens with one attached hydrogen (secondary N) is 1. The SMILES string of the molecule is O=C(NCCc1ccc(Cl)cc1)N1CCN(CCC2=CCCCC2)CC1. The van der Waals surface area contributed by atoms with E-state index in [1.165, 1.54) is 37.7 Å². The van der Waals surface area contributed by atoms with Crippen LogP contribution in [0.25, 0.3) is 0 Å². The molecule has 1 fully saturated rings. The second-order valence-electron chi connectivity index (χ2n) is 7.30. The van der Waals surface area contributed by atoms with Crippen LogP contribution in [0.4, 0.5) is 4.79 Å². The van der Waals surface area contributed by atoms with Crippen molar-refractivity contribution in [3.63, 3.8) is 0 Å². The third-order valence-electron chi connectivity index (χ3n) is 5.40. The maximum Gasteiger partial charge on any atom is 0.317 e. The molecule has 0 saturated carbocycles. The predicted octanol–water partition coefficient (Wildman–Crippen LogP) is 4.10. The molecule has 3 rings (SSSR count). The van der Waals surface area contributed by atoms with E-state index in [9.17, 15) is 4.79 Å². The summed E-state index contributed by atoms with van der Waals surface area (Å²) in [5, 5.41) is 3.79. The first-order valence-corrected chi connectivity index (χ1v) is 10.3. The lowest BCUT2D eigenvalue weighted by Gasteiger charge is -2.35. The fourth-order valence-corrected chi connectivity index (χ4v) is 3.81. The van der Waals surface area contributed by atoms with Gasteiger partial charge in [-0.2, -0.15) is 0 Å². The molecule has 2 aliphatic rings. The van der Waals surface area contributed by atoms with Gasteiger partial charge in [-0.3, -0.25) is 4.90 Å². The Bertz CT molecular complexity index is 606. The van der Waals surface area contributed by atoms with E-state index in [1.807, 2.05) is 29.2 Å². The highest BCUT2D eigenvalue weighted by Gasteiger charge is 2.20. The number of amides is 2. The Morgan fingerprint density at radius 2 is 1.81 bits per heavy atom. The van der Waals surface area contributed by atoms with E-state index in [1.54, 1.807) is 5.57 Å². The molecule has 1 aliphatic heterocycles. The van der Waals surface area contributed by atoms with Crippen molar-refractivity contribution in [1.82, 2.24) is 15.1 Å². The lowest BCUT2D eigenvalue weighted by atomic mass is 9.97. The molecule has 0 radical (unpaired) electrons. The van der Waals surface area contributed by atoms with E-state index in [0.717, 1.165) is 44.2 Å². The number of halogens is 1. The highest BCUT2D eigenvalue weighted by molar-refractivity contribution is 6.30. The number of nitrogens with zero attached hydrogens (tertiary/aromatic N) is 2. The lowest BCUT2D eigenvalue weighted by Crippen LogP contribution is -2.52. The van der Waals surface area contributed by atoms with Crippen molar-refractivity contribution >= 4 is 17.6 Å². The first-order valence-electron chi connectivity index (χ1n) is 9.88. The summed E-state index contributed by atoms with van der Waals surface area (Å²) in [4.78, 5) is 16.8. The maximum absolute atomic E-state index is 12.3. The van der Waals surface area contributed by atoms with Crippen LogP contribution >= 0.6 is 11.6 Å². The number of hydrogen-bond donors (Lipinski definition) is 1. The number of piperazine rings is 1. The third-order valence-corrected chi connectivity index (χ3v) is 5.65. The van der Waals surface area contributed by atoms with Crippen molar-refractivity contribution < 1.29 is 4.79 Å². The van der Waals surface area contributed by atoms with Crippen LogP contribution < -0.4 is 5.32 Å². The quantitative estimate of drug-likeness (QED) is 0.760. The molecule has 1 saturated heterocycles. The molecule has 0 spiro atoms. The first kappa shape index (κ1) is 19.2. The Kier molecular flexibility index (Phi) is 7.39. The summed E-state index contributed by atoms with van der Waals surface area (Å²) in [6, 6.07) is 7.86. The number of urea groups is 1. The Morgan fingerprint density at radius 1 is 1.04 bits per heavy atom. The molecule has 2 amide bonds. The monoisotopic (exact) mass is 375 g/mol. The van der Waals surface area contributed by atoms with E-state index in [4.69, 9.17) is 11.6 Å². The van der Waals surface area contributed by atoms with Crippen LogP contribution in [-0.2, 0) is 6.42 Å². The number of allylic oxidation sites excluding steroid dienone is 1. The zero-order chi connectivity index (χ0) is 18.2. The van der Waals surface area contributed by atoms with Crippen LogP contribution in [-0.4, -0.2) is 55.1 Å². The highest BCUT2D eigenvalue weighted by atomic mass is 35.5. The zero-order valence-corrected chi connectivity index (χ0v) is 16.3. The van der Waals surface area contributed by atoms with Gasteiger partial charge in [-0.15, -0.1) is 0 Å². The van der Waals surface area contributed by atoms with Gasteiger partial charge in [-0.25, -0.2) is 4.79 Å². The number of rotatable bonds is 6. The van der Waals surface area contributed by atoms with E-state index >= 15 is 0 Å². The Morgan fingerprint density at radius 3 is 2.50 bits per heavy atom. The molecule has 0 unspecified atom stereocenters. The van der Waals surface area contributed by atoms with Crippen LogP contribution in [0.15, 0.2) is 35.9 Å². The minimum absolute atomic E-state index is 0.0635. The molecule has 4 nitrogen and oxygen atoms in total. The lowest BCUT2D eigenvalue weighted by molar-refractivity contribution is 0.140. The summed E-state index contributed by atoms with van der Waals surface area (Å²) >= 11 is 5.89. The van der Waals surface area contributed by atoms with Crippen molar-refractivity contribution in [3.05, 3.63) is 46.5 Å². The van der Waals surface area contributed by atoms with Gasteiger partial charge in [-0.05, 0) is 56.2 Å². The standard InChI is InChI=1S/C21H30ClN3O/c22-20-8-6-19(7-9-20)10-12-23-21(26)25-16-14-24(15-17-25)13-11-18-4-2-1-3-5-18/h4,6-9H,1-3,5,10-17H2,(H,23,26). The van der Waals surface area contributed by atoms with Crippen molar-refractivity contribution in [1.29, 1.82) is 0 Å². The predicted molar refractivity (Wildman–Crippen MR) is 108 cm³/mol. The number of carbonyl (C=O) groups is 1. The Balaban J connectivity index is 1.31. The molecule has 1 heterocycles. The smallest absolute Gasteiger partial charge is 0.317 e. The summed E-state index contributed by atoms with van der Waals surface area (Å²) < 4.78 is 0. The van der Waals surface area contributed by atoms with Crippen LogP contribution in [0.2, 0.25) is 5.02 Å². The molecular weight excluding hydrogens is 346 g/mol. The molecular formula is C21H30ClN3O. The fourth-order valence-electron chi connectivity index (χ4n) is 3.68. The average molecular weight is 376 g/mol. The van der Waals surface area contributed by atoms with Gasteiger partial charge in [0.2, 0.25) is 0 Å². The van der Waals surface area contributed by atoms with Crippen LogP contribution in [0.5, 0.6) is 0 Å². The second-order valence-corrected chi connectivity index (χ2v) is 7.73. The molecule has 26 heavy (non-hydrogen) atoms. The number of benzene rings is 1. The normalized spacial score (nSPS) is 18.5. The van der Waals surface area contributed by atoms with Crippen molar-refractivity contribution in [2.45, 2.75) is 38.5 Å². The number of carbonyl (C=O) groups excluding carboxylic acids is 1. The van der Waals surface area contributed by atoms with Crippen LogP contribution in [0, 0.1) is 0 Å². The highest BCUT2D eigenvalue weighted by Crippen LogP contribution is 2.20. The molecule has 1 N–H and O–H groups in total. The third kappa shape index (κ3) is 6.03. The van der Waals surface area contributed by atoms with E-state index in [2.05, 4.69) is 16.3 Å². The van der Waals surface area contributed by atoms with Crippen LogP contribution in [0.3, 0.4) is 0 Å². The fraction of sp³-hybridized carbons (Fsp3) is 0.571. The van der Waals surface area contributed by atoms with Gasteiger partial charge in [0.25, 0.3) is 0 Å². The van der Waals surface area contributed by atoms with Gasteiger partial charge in [-0.1, -0.05) is 35.4 Å².